The van der Waals surface area contributed by atoms with Gasteiger partial charge in [0.25, 0.3) is 0 Å². The molecule has 4 nitrogen and oxygen atoms in total. The van der Waals surface area contributed by atoms with Crippen LogP contribution in [0.1, 0.15) is 24.0 Å². The van der Waals surface area contributed by atoms with Gasteiger partial charge >= 0.3 is 0 Å². The normalized spacial score (nSPS) is 22.3. The Hall–Kier alpha value is -1.55. The largest absolute Gasteiger partial charge is 0.493 e. The van der Waals surface area contributed by atoms with E-state index in [-0.39, 0.29) is 0 Å². The molecular formula is C15H21NO3. The molecule has 1 aliphatic heterocycles. The van der Waals surface area contributed by atoms with Gasteiger partial charge in [0.2, 0.25) is 0 Å². The van der Waals surface area contributed by atoms with Crippen molar-refractivity contribution in [2.45, 2.75) is 31.7 Å². The highest BCUT2D eigenvalue weighted by Gasteiger charge is 2.33. The number of ether oxygens (including phenoxy) is 2. The van der Waals surface area contributed by atoms with E-state index in [9.17, 15) is 4.79 Å². The minimum absolute atomic E-state index is 0.411. The van der Waals surface area contributed by atoms with Crippen LogP contribution in [0.15, 0.2) is 12.1 Å². The van der Waals surface area contributed by atoms with Crippen LogP contribution in [-0.4, -0.2) is 32.6 Å². The van der Waals surface area contributed by atoms with Crippen LogP contribution in [-0.2, 0) is 11.2 Å². The fourth-order valence-electron chi connectivity index (χ4n) is 2.82. The number of hydrogen-bond donors (Lipinski definition) is 1. The Morgan fingerprint density at radius 3 is 2.68 bits per heavy atom. The lowest BCUT2D eigenvalue weighted by molar-refractivity contribution is -0.112. The van der Waals surface area contributed by atoms with Crippen molar-refractivity contribution in [1.82, 2.24) is 5.32 Å². The van der Waals surface area contributed by atoms with Gasteiger partial charge < -0.3 is 19.6 Å². The lowest BCUT2D eigenvalue weighted by atomic mass is 9.90. The van der Waals surface area contributed by atoms with Gasteiger partial charge in [0.15, 0.2) is 11.5 Å². The Kier molecular flexibility index (Phi) is 4.10. The first-order chi connectivity index (χ1) is 9.14. The van der Waals surface area contributed by atoms with Gasteiger partial charge in [-0.25, -0.2) is 0 Å². The molecule has 1 aliphatic rings. The quantitative estimate of drug-likeness (QED) is 0.824. The minimum Gasteiger partial charge on any atom is -0.493 e. The molecule has 19 heavy (non-hydrogen) atoms. The topological polar surface area (TPSA) is 47.6 Å². The summed E-state index contributed by atoms with van der Waals surface area (Å²) >= 11 is 0. The Bertz CT molecular complexity index is 465. The summed E-state index contributed by atoms with van der Waals surface area (Å²) in [5.41, 5.74) is 1.71. The number of carbonyl (C=O) groups excluding carboxylic acids is 1. The molecule has 2 rings (SSSR count). The van der Waals surface area contributed by atoms with E-state index in [1.54, 1.807) is 14.2 Å². The van der Waals surface area contributed by atoms with Crippen LogP contribution in [0, 0.1) is 6.92 Å². The van der Waals surface area contributed by atoms with E-state index >= 15 is 0 Å². The third-order valence-electron chi connectivity index (χ3n) is 3.75. The molecule has 0 saturated carbocycles. The molecule has 4 heteroatoms. The van der Waals surface area contributed by atoms with E-state index in [4.69, 9.17) is 9.47 Å². The molecule has 1 heterocycles. The van der Waals surface area contributed by atoms with Crippen molar-refractivity contribution in [3.63, 3.8) is 0 Å². The summed E-state index contributed by atoms with van der Waals surface area (Å²) in [5.74, 6) is 1.47. The Morgan fingerprint density at radius 1 is 1.37 bits per heavy atom. The van der Waals surface area contributed by atoms with Crippen LogP contribution < -0.4 is 14.8 Å². The summed E-state index contributed by atoms with van der Waals surface area (Å²) in [7, 11) is 3.26. The summed E-state index contributed by atoms with van der Waals surface area (Å²) < 4.78 is 10.7. The molecule has 1 fully saturated rings. The summed E-state index contributed by atoms with van der Waals surface area (Å²) in [6, 6.07) is 4.02. The highest BCUT2D eigenvalue weighted by molar-refractivity contribution is 5.66. The zero-order valence-electron chi connectivity index (χ0n) is 11.8. The molecule has 0 aliphatic carbocycles. The van der Waals surface area contributed by atoms with E-state index < -0.39 is 5.54 Å². The average molecular weight is 263 g/mol. The number of hydrogen-bond acceptors (Lipinski definition) is 4. The highest BCUT2D eigenvalue weighted by atomic mass is 16.5. The van der Waals surface area contributed by atoms with Crippen LogP contribution in [0.3, 0.4) is 0 Å². The molecule has 104 valence electrons. The first-order valence-corrected chi connectivity index (χ1v) is 6.57. The first kappa shape index (κ1) is 13.9. The summed E-state index contributed by atoms with van der Waals surface area (Å²) in [6.45, 7) is 2.89. The number of aldehydes is 1. The SMILES string of the molecule is COc1cc(CC2(C=O)CCCN2)cc(C)c1OC. The molecule has 0 amide bonds. The number of carbonyl (C=O) groups is 1. The second-order valence-electron chi connectivity index (χ2n) is 5.13. The van der Waals surface area contributed by atoms with Crippen LogP contribution in [0.2, 0.25) is 0 Å². The van der Waals surface area contributed by atoms with Gasteiger partial charge in [0, 0.05) is 0 Å². The van der Waals surface area contributed by atoms with E-state index in [1.807, 2.05) is 13.0 Å². The standard InChI is InChI=1S/C15H21NO3/c1-11-7-12(8-13(18-2)14(11)19-3)9-15(10-17)5-4-6-16-15/h7-8,10,16H,4-6,9H2,1-3H3. The molecular weight excluding hydrogens is 242 g/mol. The smallest absolute Gasteiger partial charge is 0.163 e. The number of nitrogens with one attached hydrogen (secondary N) is 1. The minimum atomic E-state index is -0.411. The van der Waals surface area contributed by atoms with Crippen LogP contribution in [0.25, 0.3) is 0 Å². The Balaban J connectivity index is 2.30. The van der Waals surface area contributed by atoms with Crippen molar-refractivity contribution in [1.29, 1.82) is 0 Å². The van der Waals surface area contributed by atoms with Gasteiger partial charge in [0.1, 0.15) is 6.29 Å². The first-order valence-electron chi connectivity index (χ1n) is 6.57. The maximum absolute atomic E-state index is 11.4. The van der Waals surface area contributed by atoms with Crippen molar-refractivity contribution in [3.8, 4) is 11.5 Å². The van der Waals surface area contributed by atoms with Gasteiger partial charge in [-0.05, 0) is 49.9 Å². The molecule has 1 aromatic carbocycles. The summed E-state index contributed by atoms with van der Waals surface area (Å²) in [6.07, 6.45) is 3.68. The zero-order valence-corrected chi connectivity index (χ0v) is 11.8. The van der Waals surface area contributed by atoms with Gasteiger partial charge in [-0.1, -0.05) is 6.07 Å². The molecule has 1 aromatic rings. The Labute approximate surface area is 114 Å². The van der Waals surface area contributed by atoms with Gasteiger partial charge in [-0.15, -0.1) is 0 Å². The van der Waals surface area contributed by atoms with Crippen molar-refractivity contribution < 1.29 is 14.3 Å². The maximum atomic E-state index is 11.4. The maximum Gasteiger partial charge on any atom is 0.163 e. The fourth-order valence-corrected chi connectivity index (χ4v) is 2.82. The second-order valence-corrected chi connectivity index (χ2v) is 5.13. The van der Waals surface area contributed by atoms with E-state index in [0.29, 0.717) is 6.42 Å². The number of methoxy groups -OCH3 is 2. The predicted molar refractivity (Wildman–Crippen MR) is 74.0 cm³/mol. The number of aryl methyl sites for hydroxylation is 1. The van der Waals surface area contributed by atoms with Crippen molar-refractivity contribution in [2.24, 2.45) is 0 Å². The van der Waals surface area contributed by atoms with E-state index in [2.05, 4.69) is 11.4 Å². The number of rotatable bonds is 5. The van der Waals surface area contributed by atoms with Gasteiger partial charge in [-0.3, -0.25) is 0 Å². The average Bonchev–Trinajstić information content (AvgIpc) is 2.87. The Morgan fingerprint density at radius 2 is 2.16 bits per heavy atom. The molecule has 0 bridgehead atoms. The van der Waals surface area contributed by atoms with E-state index in [1.165, 1.54) is 0 Å². The third-order valence-corrected chi connectivity index (χ3v) is 3.75. The summed E-state index contributed by atoms with van der Waals surface area (Å²) in [4.78, 5) is 11.4. The molecule has 1 N–H and O–H groups in total. The lowest BCUT2D eigenvalue weighted by Crippen LogP contribution is -2.43. The lowest BCUT2D eigenvalue weighted by Gasteiger charge is -2.23. The second kappa shape index (κ2) is 5.61. The summed E-state index contributed by atoms with van der Waals surface area (Å²) in [5, 5.41) is 3.31. The molecule has 0 radical (unpaired) electrons. The van der Waals surface area contributed by atoms with Crippen LogP contribution in [0.5, 0.6) is 11.5 Å². The third kappa shape index (κ3) is 2.73. The molecule has 1 saturated heterocycles. The molecule has 0 aromatic heterocycles. The zero-order chi connectivity index (χ0) is 13.9. The van der Waals surface area contributed by atoms with Crippen molar-refractivity contribution >= 4 is 6.29 Å². The molecule has 1 atom stereocenters. The van der Waals surface area contributed by atoms with Gasteiger partial charge in [-0.2, -0.15) is 0 Å². The highest BCUT2D eigenvalue weighted by Crippen LogP contribution is 2.33. The van der Waals surface area contributed by atoms with Crippen molar-refractivity contribution in [2.75, 3.05) is 20.8 Å². The monoisotopic (exact) mass is 263 g/mol. The van der Waals surface area contributed by atoms with Gasteiger partial charge in [0.05, 0.1) is 19.8 Å². The van der Waals surface area contributed by atoms with Crippen LogP contribution >= 0.6 is 0 Å². The van der Waals surface area contributed by atoms with Crippen LogP contribution in [0.4, 0.5) is 0 Å². The molecule has 1 unspecified atom stereocenters. The predicted octanol–water partition coefficient (Wildman–Crippen LogP) is 1.88. The van der Waals surface area contributed by atoms with E-state index in [0.717, 1.165) is 48.3 Å². The fraction of sp³-hybridized carbons (Fsp3) is 0.533. The van der Waals surface area contributed by atoms with Crippen molar-refractivity contribution in [3.05, 3.63) is 23.3 Å². The molecule has 0 spiro atoms. The number of benzene rings is 1.